The lowest BCUT2D eigenvalue weighted by atomic mass is 9.66. The molecule has 46 heavy (non-hydrogen) atoms. The van der Waals surface area contributed by atoms with Gasteiger partial charge in [0.15, 0.2) is 0 Å². The zero-order valence-corrected chi connectivity index (χ0v) is 25.1. The molecular formula is C45H28O. The molecule has 2 aliphatic rings. The van der Waals surface area contributed by atoms with Crippen LogP contribution in [0.3, 0.4) is 0 Å². The highest BCUT2D eigenvalue weighted by molar-refractivity contribution is 6.05. The summed E-state index contributed by atoms with van der Waals surface area (Å²) in [6.07, 6.45) is 0. The van der Waals surface area contributed by atoms with Crippen molar-refractivity contribution in [1.29, 1.82) is 0 Å². The molecule has 1 unspecified atom stereocenters. The van der Waals surface area contributed by atoms with Crippen LogP contribution in [-0.4, -0.2) is 0 Å². The van der Waals surface area contributed by atoms with Gasteiger partial charge in [-0.15, -0.1) is 0 Å². The molecule has 1 atom stereocenters. The van der Waals surface area contributed by atoms with Crippen molar-refractivity contribution in [2.75, 3.05) is 0 Å². The molecule has 1 aliphatic heterocycles. The molecule has 0 aromatic heterocycles. The van der Waals surface area contributed by atoms with Gasteiger partial charge in [0.25, 0.3) is 0 Å². The summed E-state index contributed by atoms with van der Waals surface area (Å²) < 4.78 is 6.70. The van der Waals surface area contributed by atoms with E-state index in [4.69, 9.17) is 4.74 Å². The van der Waals surface area contributed by atoms with Crippen LogP contribution in [0.1, 0.15) is 22.3 Å². The minimum Gasteiger partial charge on any atom is -0.455 e. The van der Waals surface area contributed by atoms with Gasteiger partial charge in [0, 0.05) is 16.5 Å². The lowest BCUT2D eigenvalue weighted by Gasteiger charge is -2.35. The average Bonchev–Trinajstić information content (AvgIpc) is 3.44. The van der Waals surface area contributed by atoms with Gasteiger partial charge in [-0.1, -0.05) is 164 Å². The van der Waals surface area contributed by atoms with Crippen molar-refractivity contribution < 1.29 is 4.74 Å². The fourth-order valence-corrected chi connectivity index (χ4v) is 8.25. The van der Waals surface area contributed by atoms with Crippen LogP contribution < -0.4 is 4.74 Å². The second-order valence-electron chi connectivity index (χ2n) is 12.4. The van der Waals surface area contributed by atoms with Gasteiger partial charge in [0.2, 0.25) is 0 Å². The molecule has 0 bridgehead atoms. The number of para-hydroxylation sites is 1. The Morgan fingerprint density at radius 2 is 1.04 bits per heavy atom. The molecule has 0 saturated heterocycles. The Morgan fingerprint density at radius 3 is 1.93 bits per heavy atom. The van der Waals surface area contributed by atoms with E-state index < -0.39 is 5.41 Å². The van der Waals surface area contributed by atoms with Gasteiger partial charge in [0.05, 0.1) is 5.41 Å². The molecule has 1 heteroatoms. The molecule has 0 radical (unpaired) electrons. The summed E-state index contributed by atoms with van der Waals surface area (Å²) in [4.78, 5) is 0. The number of hydrogen-bond donors (Lipinski definition) is 0. The molecule has 0 saturated carbocycles. The van der Waals surface area contributed by atoms with Gasteiger partial charge in [-0.05, 0) is 66.7 Å². The summed E-state index contributed by atoms with van der Waals surface area (Å²) in [5.41, 5.74) is 12.0. The van der Waals surface area contributed by atoms with Crippen molar-refractivity contribution >= 4 is 21.5 Å². The van der Waals surface area contributed by atoms with Gasteiger partial charge in [-0.3, -0.25) is 0 Å². The second kappa shape index (κ2) is 9.54. The van der Waals surface area contributed by atoms with E-state index in [0.29, 0.717) is 0 Å². The van der Waals surface area contributed by atoms with Crippen LogP contribution in [0.2, 0.25) is 0 Å². The smallest absolute Gasteiger partial charge is 0.143 e. The first-order chi connectivity index (χ1) is 22.8. The molecule has 10 rings (SSSR count). The summed E-state index contributed by atoms with van der Waals surface area (Å²) in [6, 6.07) is 62.0. The predicted octanol–water partition coefficient (Wildman–Crippen LogP) is 11.8. The normalized spacial score (nSPS) is 15.7. The standard InChI is InChI=1S/C45H28O/c1-2-14-32(15-3-1)45(40-21-7-6-17-36(40)38-28-25-29-11-4-5-16-34(29)43(38)45)33-26-23-30(24-27-33)35-18-10-20-39-37-19-8-12-31-13-9-22-41(42(31)37)46-44(35)39/h1-28H. The highest BCUT2D eigenvalue weighted by Crippen LogP contribution is 2.58. The van der Waals surface area contributed by atoms with Crippen LogP contribution in [0.5, 0.6) is 11.5 Å². The number of benzene rings is 8. The number of rotatable bonds is 3. The summed E-state index contributed by atoms with van der Waals surface area (Å²) in [5, 5.41) is 4.93. The molecule has 1 aliphatic carbocycles. The van der Waals surface area contributed by atoms with Gasteiger partial charge < -0.3 is 4.74 Å². The quantitative estimate of drug-likeness (QED) is 0.201. The van der Waals surface area contributed by atoms with E-state index in [-0.39, 0.29) is 0 Å². The van der Waals surface area contributed by atoms with Crippen LogP contribution in [0.15, 0.2) is 170 Å². The Morgan fingerprint density at radius 1 is 0.391 bits per heavy atom. The Labute approximate surface area is 268 Å². The van der Waals surface area contributed by atoms with Crippen molar-refractivity contribution in [3.8, 4) is 44.9 Å². The second-order valence-corrected chi connectivity index (χ2v) is 12.4. The molecule has 1 nitrogen and oxygen atoms in total. The average molecular weight is 585 g/mol. The number of hydrogen-bond acceptors (Lipinski definition) is 1. The number of ether oxygens (including phenoxy) is 1. The SMILES string of the molecule is c1ccc(C2(c3ccc(-c4cccc5c4Oc4cccc6cccc-5c46)cc3)c3ccccc3-c3ccc4ccccc4c32)cc1. The van der Waals surface area contributed by atoms with Gasteiger partial charge >= 0.3 is 0 Å². The molecule has 0 spiro atoms. The third-order valence-electron chi connectivity index (χ3n) is 10.1. The summed E-state index contributed by atoms with van der Waals surface area (Å²) in [7, 11) is 0. The third-order valence-corrected chi connectivity index (χ3v) is 10.1. The largest absolute Gasteiger partial charge is 0.455 e. The van der Waals surface area contributed by atoms with Crippen LogP contribution in [0, 0.1) is 0 Å². The van der Waals surface area contributed by atoms with Crippen molar-refractivity contribution in [3.05, 3.63) is 192 Å². The first kappa shape index (κ1) is 25.4. The Bertz CT molecular complexity index is 2480. The van der Waals surface area contributed by atoms with Crippen LogP contribution in [0.25, 0.3) is 54.9 Å². The predicted molar refractivity (Wildman–Crippen MR) is 190 cm³/mol. The van der Waals surface area contributed by atoms with E-state index in [9.17, 15) is 0 Å². The van der Waals surface area contributed by atoms with Crippen LogP contribution in [-0.2, 0) is 5.41 Å². The maximum absolute atomic E-state index is 6.70. The lowest BCUT2D eigenvalue weighted by molar-refractivity contribution is 0.489. The highest BCUT2D eigenvalue weighted by atomic mass is 16.5. The first-order valence-electron chi connectivity index (χ1n) is 15.9. The van der Waals surface area contributed by atoms with Gasteiger partial charge in [-0.25, -0.2) is 0 Å². The van der Waals surface area contributed by atoms with E-state index in [1.54, 1.807) is 0 Å². The Kier molecular flexibility index (Phi) is 5.27. The van der Waals surface area contributed by atoms with Crippen LogP contribution >= 0.6 is 0 Å². The van der Waals surface area contributed by atoms with E-state index >= 15 is 0 Å². The minimum atomic E-state index is -0.465. The maximum atomic E-state index is 6.70. The monoisotopic (exact) mass is 584 g/mol. The van der Waals surface area contributed by atoms with Crippen molar-refractivity contribution in [2.24, 2.45) is 0 Å². The fraction of sp³-hybridized carbons (Fsp3) is 0.0222. The molecule has 0 N–H and O–H groups in total. The summed E-state index contributed by atoms with van der Waals surface area (Å²) >= 11 is 0. The fourth-order valence-electron chi connectivity index (χ4n) is 8.25. The Balaban J connectivity index is 1.21. The van der Waals surface area contributed by atoms with E-state index in [1.165, 1.54) is 60.5 Å². The molecule has 0 fully saturated rings. The van der Waals surface area contributed by atoms with Crippen molar-refractivity contribution in [1.82, 2.24) is 0 Å². The third kappa shape index (κ3) is 3.35. The van der Waals surface area contributed by atoms with E-state index in [1.807, 2.05) is 0 Å². The summed E-state index contributed by atoms with van der Waals surface area (Å²) in [5.74, 6) is 1.83. The first-order valence-corrected chi connectivity index (χ1v) is 15.9. The molecule has 8 aromatic carbocycles. The molecular weight excluding hydrogens is 556 g/mol. The molecule has 1 heterocycles. The molecule has 0 amide bonds. The minimum absolute atomic E-state index is 0.465. The van der Waals surface area contributed by atoms with Gasteiger partial charge in [0.1, 0.15) is 11.5 Å². The van der Waals surface area contributed by atoms with Crippen LogP contribution in [0.4, 0.5) is 0 Å². The topological polar surface area (TPSA) is 9.23 Å². The highest BCUT2D eigenvalue weighted by Gasteiger charge is 2.47. The molecule has 214 valence electrons. The van der Waals surface area contributed by atoms with E-state index in [0.717, 1.165) is 28.2 Å². The van der Waals surface area contributed by atoms with Crippen molar-refractivity contribution in [2.45, 2.75) is 5.41 Å². The van der Waals surface area contributed by atoms with E-state index in [2.05, 4.69) is 170 Å². The lowest BCUT2D eigenvalue weighted by Crippen LogP contribution is -2.28. The number of fused-ring (bicyclic) bond motifs is 7. The van der Waals surface area contributed by atoms with Crippen molar-refractivity contribution in [3.63, 3.8) is 0 Å². The zero-order chi connectivity index (χ0) is 30.2. The maximum Gasteiger partial charge on any atom is 0.143 e. The molecule has 8 aromatic rings. The zero-order valence-electron chi connectivity index (χ0n) is 25.1. The Hall–Kier alpha value is -5.92. The summed E-state index contributed by atoms with van der Waals surface area (Å²) in [6.45, 7) is 0. The van der Waals surface area contributed by atoms with Gasteiger partial charge in [-0.2, -0.15) is 0 Å².